The lowest BCUT2D eigenvalue weighted by Gasteiger charge is -2.22. The summed E-state index contributed by atoms with van der Waals surface area (Å²) in [7, 11) is 0. The Morgan fingerprint density at radius 2 is 2.11 bits per heavy atom. The monoisotopic (exact) mass is 267 g/mol. The van der Waals surface area contributed by atoms with Crippen molar-refractivity contribution in [2.45, 2.75) is 25.1 Å². The molecular weight excluding hydrogens is 246 g/mol. The summed E-state index contributed by atoms with van der Waals surface area (Å²) in [5, 5.41) is 15.2. The molecule has 0 aliphatic rings. The van der Waals surface area contributed by atoms with Crippen LogP contribution < -0.4 is 11.1 Å². The van der Waals surface area contributed by atoms with Crippen LogP contribution in [0, 0.1) is 0 Å². The van der Waals surface area contributed by atoms with Crippen molar-refractivity contribution in [2.75, 3.05) is 12.8 Å². The molecule has 0 amide bonds. The molecule has 1 rings (SSSR count). The Morgan fingerprint density at radius 3 is 2.72 bits per heavy atom. The number of benzene rings is 1. The van der Waals surface area contributed by atoms with Crippen LogP contribution in [0.1, 0.15) is 25.0 Å². The molecule has 0 atom stereocenters. The average molecular weight is 267 g/mol. The highest BCUT2D eigenvalue weighted by molar-refractivity contribution is 7.99. The lowest BCUT2D eigenvalue weighted by molar-refractivity contribution is 0.318. The van der Waals surface area contributed by atoms with E-state index in [-0.39, 0.29) is 10.6 Å². The molecule has 0 unspecified atom stereocenters. The second-order valence-electron chi connectivity index (χ2n) is 4.71. The molecule has 0 saturated heterocycles. The molecule has 18 heavy (non-hydrogen) atoms. The Morgan fingerprint density at radius 1 is 1.44 bits per heavy atom. The summed E-state index contributed by atoms with van der Waals surface area (Å²) < 4.78 is 0.200. The van der Waals surface area contributed by atoms with Gasteiger partial charge in [-0.15, -0.1) is 0 Å². The van der Waals surface area contributed by atoms with E-state index in [0.29, 0.717) is 6.54 Å². The molecule has 1 aromatic carbocycles. The van der Waals surface area contributed by atoms with Gasteiger partial charge in [0.25, 0.3) is 0 Å². The third-order valence-electron chi connectivity index (χ3n) is 2.82. The summed E-state index contributed by atoms with van der Waals surface area (Å²) in [6.07, 6.45) is 2.10. The average Bonchev–Trinajstić information content (AvgIpc) is 2.38. The molecule has 0 heterocycles. The van der Waals surface area contributed by atoms with Crippen molar-refractivity contribution in [3.8, 4) is 0 Å². The second-order valence-corrected chi connectivity index (χ2v) is 6.22. The predicted molar refractivity (Wildman–Crippen MR) is 78.3 cm³/mol. The number of hydrogen-bond donors (Lipinski definition) is 3. The lowest BCUT2D eigenvalue weighted by atomic mass is 10.1. The molecule has 0 spiro atoms. The minimum absolute atomic E-state index is 0.150. The molecule has 0 aliphatic carbocycles. The first kappa shape index (κ1) is 14.9. The van der Waals surface area contributed by atoms with Crippen molar-refractivity contribution in [1.82, 2.24) is 5.32 Å². The minimum atomic E-state index is 0.150. The number of rotatable bonds is 6. The molecule has 0 radical (unpaired) electrons. The number of hydrogen-bond acceptors (Lipinski definition) is 4. The van der Waals surface area contributed by atoms with Gasteiger partial charge in [-0.2, -0.15) is 11.8 Å². The summed E-state index contributed by atoms with van der Waals surface area (Å²) in [6, 6.07) is 7.66. The van der Waals surface area contributed by atoms with E-state index in [0.717, 1.165) is 17.7 Å². The van der Waals surface area contributed by atoms with Crippen LogP contribution in [-0.2, 0) is 6.54 Å². The Labute approximate surface area is 113 Å². The topological polar surface area (TPSA) is 70.6 Å². The highest BCUT2D eigenvalue weighted by Gasteiger charge is 2.15. The molecule has 4 N–H and O–H groups in total. The maximum Gasteiger partial charge on any atom is 0.170 e. The summed E-state index contributed by atoms with van der Waals surface area (Å²) in [5.41, 5.74) is 7.45. The van der Waals surface area contributed by atoms with Gasteiger partial charge in [0, 0.05) is 23.4 Å². The molecule has 0 saturated carbocycles. The number of amidine groups is 1. The fraction of sp³-hybridized carbons (Fsp3) is 0.462. The maximum absolute atomic E-state index is 8.74. The van der Waals surface area contributed by atoms with E-state index < -0.39 is 0 Å². The van der Waals surface area contributed by atoms with Crippen LogP contribution >= 0.6 is 11.8 Å². The first-order chi connectivity index (χ1) is 8.50. The van der Waals surface area contributed by atoms with Gasteiger partial charge in [0.1, 0.15) is 0 Å². The fourth-order valence-electron chi connectivity index (χ4n) is 1.55. The van der Waals surface area contributed by atoms with Crippen molar-refractivity contribution in [1.29, 1.82) is 0 Å². The zero-order valence-corrected chi connectivity index (χ0v) is 11.9. The first-order valence-electron chi connectivity index (χ1n) is 5.82. The number of thioether (sulfide) groups is 1. The van der Waals surface area contributed by atoms with Gasteiger partial charge in [0.15, 0.2) is 5.84 Å². The third kappa shape index (κ3) is 4.23. The highest BCUT2D eigenvalue weighted by Crippen LogP contribution is 2.19. The van der Waals surface area contributed by atoms with Crippen molar-refractivity contribution in [3.05, 3.63) is 35.4 Å². The molecule has 4 nitrogen and oxygen atoms in total. The van der Waals surface area contributed by atoms with E-state index in [1.807, 2.05) is 36.0 Å². The van der Waals surface area contributed by atoms with Crippen molar-refractivity contribution in [2.24, 2.45) is 10.9 Å². The van der Waals surface area contributed by atoms with Gasteiger partial charge in [-0.3, -0.25) is 0 Å². The van der Waals surface area contributed by atoms with Crippen LogP contribution in [0.2, 0.25) is 0 Å². The quantitative estimate of drug-likeness (QED) is 0.319. The SMILES string of the molecule is CSC(C)(C)CNCc1ccccc1/C(N)=N/O. The summed E-state index contributed by atoms with van der Waals surface area (Å²) in [5.74, 6) is 0.150. The molecule has 0 aliphatic heterocycles. The van der Waals surface area contributed by atoms with Gasteiger partial charge in [-0.25, -0.2) is 0 Å². The Balaban J connectivity index is 2.68. The number of nitrogens with two attached hydrogens (primary N) is 1. The Kier molecular flexibility index (Phi) is 5.50. The lowest BCUT2D eigenvalue weighted by Crippen LogP contribution is -2.32. The Hall–Kier alpha value is -1.20. The molecule has 5 heteroatoms. The molecule has 0 bridgehead atoms. The van der Waals surface area contributed by atoms with Crippen LogP contribution in [0.5, 0.6) is 0 Å². The van der Waals surface area contributed by atoms with Gasteiger partial charge in [-0.05, 0) is 25.7 Å². The largest absolute Gasteiger partial charge is 0.409 e. The second kappa shape index (κ2) is 6.66. The molecule has 1 aromatic rings. The number of nitrogens with one attached hydrogen (secondary N) is 1. The van der Waals surface area contributed by atoms with E-state index in [2.05, 4.69) is 30.6 Å². The van der Waals surface area contributed by atoms with Gasteiger partial charge in [0.05, 0.1) is 0 Å². The normalized spacial score (nSPS) is 12.7. The van der Waals surface area contributed by atoms with E-state index in [4.69, 9.17) is 10.9 Å². The smallest absolute Gasteiger partial charge is 0.170 e. The highest BCUT2D eigenvalue weighted by atomic mass is 32.2. The zero-order valence-electron chi connectivity index (χ0n) is 11.1. The minimum Gasteiger partial charge on any atom is -0.409 e. The molecule has 0 fully saturated rings. The number of nitrogens with zero attached hydrogens (tertiary/aromatic N) is 1. The number of oxime groups is 1. The molecule has 0 aromatic heterocycles. The summed E-state index contributed by atoms with van der Waals surface area (Å²) in [6.45, 7) is 6.00. The Bertz CT molecular complexity index is 418. The van der Waals surface area contributed by atoms with Gasteiger partial charge >= 0.3 is 0 Å². The van der Waals surface area contributed by atoms with Crippen molar-refractivity contribution < 1.29 is 5.21 Å². The van der Waals surface area contributed by atoms with Crippen LogP contribution in [0.15, 0.2) is 29.4 Å². The molecular formula is C13H21N3OS. The predicted octanol–water partition coefficient (Wildman–Crippen LogP) is 2.01. The van der Waals surface area contributed by atoms with E-state index >= 15 is 0 Å². The van der Waals surface area contributed by atoms with Gasteiger partial charge < -0.3 is 16.3 Å². The standard InChI is InChI=1S/C13H21N3OS/c1-13(2,18-3)9-15-8-10-6-4-5-7-11(10)12(14)16-17/h4-7,15,17H,8-9H2,1-3H3,(H2,14,16). The van der Waals surface area contributed by atoms with E-state index in [1.54, 1.807) is 0 Å². The van der Waals surface area contributed by atoms with Crippen LogP contribution in [0.3, 0.4) is 0 Å². The first-order valence-corrected chi connectivity index (χ1v) is 7.04. The van der Waals surface area contributed by atoms with E-state index in [1.165, 1.54) is 0 Å². The van der Waals surface area contributed by atoms with E-state index in [9.17, 15) is 0 Å². The van der Waals surface area contributed by atoms with Crippen molar-refractivity contribution >= 4 is 17.6 Å². The summed E-state index contributed by atoms with van der Waals surface area (Å²) in [4.78, 5) is 0. The molecule has 100 valence electrons. The zero-order chi connectivity index (χ0) is 13.6. The fourth-order valence-corrected chi connectivity index (χ4v) is 1.79. The summed E-state index contributed by atoms with van der Waals surface area (Å²) >= 11 is 1.83. The van der Waals surface area contributed by atoms with Crippen molar-refractivity contribution in [3.63, 3.8) is 0 Å². The van der Waals surface area contributed by atoms with Crippen LogP contribution in [-0.4, -0.2) is 28.6 Å². The van der Waals surface area contributed by atoms with Gasteiger partial charge in [0.2, 0.25) is 0 Å². The third-order valence-corrected chi connectivity index (χ3v) is 4.07. The maximum atomic E-state index is 8.74. The van der Waals surface area contributed by atoms with Gasteiger partial charge in [-0.1, -0.05) is 29.4 Å². The van der Waals surface area contributed by atoms with Crippen LogP contribution in [0.4, 0.5) is 0 Å². The van der Waals surface area contributed by atoms with Crippen LogP contribution in [0.25, 0.3) is 0 Å².